The highest BCUT2D eigenvalue weighted by Gasteiger charge is 2.07. The fourth-order valence-corrected chi connectivity index (χ4v) is 1.64. The Bertz CT molecular complexity index is 432. The van der Waals surface area contributed by atoms with Crippen molar-refractivity contribution in [3.63, 3.8) is 0 Å². The van der Waals surface area contributed by atoms with E-state index in [2.05, 4.69) is 10.6 Å². The maximum Gasteiger partial charge on any atom is 0.306 e. The standard InChI is InChI=1S/C14H20N2O3/c1-3-19-14(18)8-7-13(17)16-12-6-4-5-11(9-12)10-15-2/h4-6,9,15H,3,7-8,10H2,1-2H3,(H,16,17). The summed E-state index contributed by atoms with van der Waals surface area (Å²) in [5.41, 5.74) is 1.83. The van der Waals surface area contributed by atoms with Crippen molar-refractivity contribution in [3.05, 3.63) is 29.8 Å². The van der Waals surface area contributed by atoms with Crippen molar-refractivity contribution in [2.45, 2.75) is 26.3 Å². The van der Waals surface area contributed by atoms with Gasteiger partial charge in [0.2, 0.25) is 5.91 Å². The highest BCUT2D eigenvalue weighted by Crippen LogP contribution is 2.11. The normalized spacial score (nSPS) is 10.0. The summed E-state index contributed by atoms with van der Waals surface area (Å²) in [5.74, 6) is -0.531. The van der Waals surface area contributed by atoms with Crippen LogP contribution in [0.25, 0.3) is 0 Å². The van der Waals surface area contributed by atoms with Gasteiger partial charge in [0, 0.05) is 18.7 Å². The van der Waals surface area contributed by atoms with Crippen LogP contribution in [0, 0.1) is 0 Å². The Hall–Kier alpha value is -1.88. The lowest BCUT2D eigenvalue weighted by molar-refractivity contribution is -0.144. The molecule has 5 nitrogen and oxygen atoms in total. The van der Waals surface area contributed by atoms with Crippen molar-refractivity contribution < 1.29 is 14.3 Å². The zero-order chi connectivity index (χ0) is 14.1. The molecular formula is C14H20N2O3. The van der Waals surface area contributed by atoms with Crippen LogP contribution in [0.1, 0.15) is 25.3 Å². The van der Waals surface area contributed by atoms with Crippen LogP contribution in [0.15, 0.2) is 24.3 Å². The van der Waals surface area contributed by atoms with Crippen LogP contribution in [-0.4, -0.2) is 25.5 Å². The average Bonchev–Trinajstić information content (AvgIpc) is 2.38. The fourth-order valence-electron chi connectivity index (χ4n) is 1.64. The van der Waals surface area contributed by atoms with Crippen LogP contribution in [0.5, 0.6) is 0 Å². The van der Waals surface area contributed by atoms with Crippen LogP contribution >= 0.6 is 0 Å². The van der Waals surface area contributed by atoms with Crippen molar-refractivity contribution in [1.29, 1.82) is 0 Å². The molecule has 0 saturated heterocycles. The van der Waals surface area contributed by atoms with Gasteiger partial charge in [0.15, 0.2) is 0 Å². The lowest BCUT2D eigenvalue weighted by atomic mass is 10.2. The number of carbonyl (C=O) groups is 2. The number of hydrogen-bond donors (Lipinski definition) is 2. The quantitative estimate of drug-likeness (QED) is 0.735. The van der Waals surface area contributed by atoms with E-state index in [0.29, 0.717) is 6.61 Å². The molecular weight excluding hydrogens is 244 g/mol. The zero-order valence-electron chi connectivity index (χ0n) is 11.4. The van der Waals surface area contributed by atoms with Crippen LogP contribution in [0.3, 0.4) is 0 Å². The Balaban J connectivity index is 2.43. The molecule has 0 spiro atoms. The van der Waals surface area contributed by atoms with Gasteiger partial charge >= 0.3 is 5.97 Å². The second-order valence-corrected chi connectivity index (χ2v) is 4.08. The minimum Gasteiger partial charge on any atom is -0.466 e. The molecule has 0 aliphatic rings. The number of ether oxygens (including phenoxy) is 1. The van der Waals surface area contributed by atoms with E-state index in [1.807, 2.05) is 31.3 Å². The smallest absolute Gasteiger partial charge is 0.306 e. The predicted octanol–water partition coefficient (Wildman–Crippen LogP) is 1.69. The van der Waals surface area contributed by atoms with E-state index in [-0.39, 0.29) is 24.7 Å². The first-order chi connectivity index (χ1) is 9.15. The summed E-state index contributed by atoms with van der Waals surface area (Å²) in [7, 11) is 1.87. The van der Waals surface area contributed by atoms with E-state index in [4.69, 9.17) is 4.74 Å². The summed E-state index contributed by atoms with van der Waals surface area (Å²) in [5, 5.41) is 5.81. The number of nitrogens with one attached hydrogen (secondary N) is 2. The summed E-state index contributed by atoms with van der Waals surface area (Å²) in [6.07, 6.45) is 0.241. The van der Waals surface area contributed by atoms with Gasteiger partial charge in [-0.25, -0.2) is 0 Å². The average molecular weight is 264 g/mol. The number of hydrogen-bond acceptors (Lipinski definition) is 4. The molecule has 1 aromatic carbocycles. The van der Waals surface area contributed by atoms with Gasteiger partial charge in [-0.3, -0.25) is 9.59 Å². The summed E-state index contributed by atoms with van der Waals surface area (Å²) >= 11 is 0. The molecule has 0 fully saturated rings. The predicted molar refractivity (Wildman–Crippen MR) is 73.7 cm³/mol. The van der Waals surface area contributed by atoms with Gasteiger partial charge in [-0.1, -0.05) is 12.1 Å². The lowest BCUT2D eigenvalue weighted by Crippen LogP contribution is -2.15. The van der Waals surface area contributed by atoms with Gasteiger partial charge in [-0.15, -0.1) is 0 Å². The van der Waals surface area contributed by atoms with Crippen LogP contribution in [-0.2, 0) is 20.9 Å². The van der Waals surface area contributed by atoms with E-state index in [1.165, 1.54) is 0 Å². The molecule has 1 aromatic rings. The largest absolute Gasteiger partial charge is 0.466 e. The van der Waals surface area contributed by atoms with Crippen LogP contribution in [0.4, 0.5) is 5.69 Å². The Kier molecular flexibility index (Phi) is 6.60. The first-order valence-corrected chi connectivity index (χ1v) is 6.34. The van der Waals surface area contributed by atoms with E-state index in [9.17, 15) is 9.59 Å². The Labute approximate surface area is 113 Å². The maximum absolute atomic E-state index is 11.7. The highest BCUT2D eigenvalue weighted by atomic mass is 16.5. The molecule has 2 N–H and O–H groups in total. The monoisotopic (exact) mass is 264 g/mol. The van der Waals surface area contributed by atoms with Gasteiger partial charge in [0.05, 0.1) is 13.0 Å². The second kappa shape index (κ2) is 8.26. The minimum absolute atomic E-state index is 0.107. The van der Waals surface area contributed by atoms with Crippen molar-refractivity contribution in [2.24, 2.45) is 0 Å². The molecule has 0 unspecified atom stereocenters. The molecule has 1 rings (SSSR count). The van der Waals surface area contributed by atoms with E-state index in [1.54, 1.807) is 6.92 Å². The Morgan fingerprint density at radius 2 is 2.05 bits per heavy atom. The molecule has 5 heteroatoms. The molecule has 0 heterocycles. The van der Waals surface area contributed by atoms with Crippen molar-refractivity contribution >= 4 is 17.6 Å². The molecule has 0 aliphatic heterocycles. The molecule has 0 saturated carbocycles. The van der Waals surface area contributed by atoms with Crippen molar-refractivity contribution in [2.75, 3.05) is 19.0 Å². The second-order valence-electron chi connectivity index (χ2n) is 4.08. The van der Waals surface area contributed by atoms with Crippen molar-refractivity contribution in [3.8, 4) is 0 Å². The third kappa shape index (κ3) is 6.01. The molecule has 0 bridgehead atoms. The lowest BCUT2D eigenvalue weighted by Gasteiger charge is -2.07. The Morgan fingerprint density at radius 3 is 2.74 bits per heavy atom. The van der Waals surface area contributed by atoms with Gasteiger partial charge < -0.3 is 15.4 Å². The zero-order valence-corrected chi connectivity index (χ0v) is 11.4. The maximum atomic E-state index is 11.7. The fraction of sp³-hybridized carbons (Fsp3) is 0.429. The van der Waals surface area contributed by atoms with Crippen LogP contribution < -0.4 is 10.6 Å². The van der Waals surface area contributed by atoms with E-state index < -0.39 is 0 Å². The van der Waals surface area contributed by atoms with E-state index >= 15 is 0 Å². The van der Waals surface area contributed by atoms with E-state index in [0.717, 1.165) is 17.8 Å². The molecule has 19 heavy (non-hydrogen) atoms. The third-order valence-electron chi connectivity index (χ3n) is 2.45. The molecule has 0 atom stereocenters. The first kappa shape index (κ1) is 15.2. The number of carbonyl (C=O) groups excluding carboxylic acids is 2. The number of esters is 1. The molecule has 0 radical (unpaired) electrons. The number of rotatable bonds is 7. The van der Waals surface area contributed by atoms with Gasteiger partial charge in [0.1, 0.15) is 0 Å². The number of benzene rings is 1. The highest BCUT2D eigenvalue weighted by molar-refractivity contribution is 5.92. The summed E-state index contributed by atoms with van der Waals surface area (Å²) < 4.78 is 4.77. The minimum atomic E-state index is -0.346. The summed E-state index contributed by atoms with van der Waals surface area (Å²) in [6, 6.07) is 7.58. The third-order valence-corrected chi connectivity index (χ3v) is 2.45. The molecule has 0 aromatic heterocycles. The Morgan fingerprint density at radius 1 is 1.26 bits per heavy atom. The topological polar surface area (TPSA) is 67.4 Å². The summed E-state index contributed by atoms with van der Waals surface area (Å²) in [6.45, 7) is 2.82. The van der Waals surface area contributed by atoms with Gasteiger partial charge in [-0.05, 0) is 31.7 Å². The number of anilines is 1. The first-order valence-electron chi connectivity index (χ1n) is 6.34. The molecule has 1 amide bonds. The summed E-state index contributed by atoms with van der Waals surface area (Å²) in [4.78, 5) is 22.8. The van der Waals surface area contributed by atoms with Gasteiger partial charge in [0.25, 0.3) is 0 Å². The molecule has 104 valence electrons. The SMILES string of the molecule is CCOC(=O)CCC(=O)Nc1cccc(CNC)c1. The van der Waals surface area contributed by atoms with Gasteiger partial charge in [-0.2, -0.15) is 0 Å². The molecule has 0 aliphatic carbocycles. The van der Waals surface area contributed by atoms with Crippen molar-refractivity contribution in [1.82, 2.24) is 5.32 Å². The number of amides is 1. The van der Waals surface area contributed by atoms with Crippen LogP contribution in [0.2, 0.25) is 0 Å².